The average Bonchev–Trinajstić information content (AvgIpc) is 3.16. The van der Waals surface area contributed by atoms with Crippen LogP contribution in [0.25, 0.3) is 0 Å². The van der Waals surface area contributed by atoms with E-state index in [2.05, 4.69) is 10.6 Å². The van der Waals surface area contributed by atoms with Crippen LogP contribution in [0.15, 0.2) is 18.2 Å². The largest absolute Gasteiger partial charge is 0.454 e. The summed E-state index contributed by atoms with van der Waals surface area (Å²) < 4.78 is 10.7. The first-order valence-electron chi connectivity index (χ1n) is 9.97. The van der Waals surface area contributed by atoms with Gasteiger partial charge in [0.15, 0.2) is 11.5 Å². The van der Waals surface area contributed by atoms with Crippen molar-refractivity contribution in [3.63, 3.8) is 0 Å². The van der Waals surface area contributed by atoms with Crippen molar-refractivity contribution < 1.29 is 23.9 Å². The molecule has 4 amide bonds. The molecule has 2 N–H and O–H groups in total. The zero-order valence-corrected chi connectivity index (χ0v) is 16.6. The van der Waals surface area contributed by atoms with Crippen LogP contribution in [0, 0.1) is 0 Å². The highest BCUT2D eigenvalue weighted by Gasteiger charge is 2.47. The Kier molecular flexibility index (Phi) is 5.31. The molecule has 0 aliphatic carbocycles. The van der Waals surface area contributed by atoms with Gasteiger partial charge in [-0.05, 0) is 50.9 Å². The van der Waals surface area contributed by atoms with Crippen LogP contribution in [-0.2, 0) is 16.1 Å². The summed E-state index contributed by atoms with van der Waals surface area (Å²) in [5, 5.41) is 6.05. The number of imide groups is 1. The van der Waals surface area contributed by atoms with E-state index in [0.29, 0.717) is 24.5 Å². The SMILES string of the molecule is CC(C)NC(=O)CN1C(=O)N(Cc2ccc3c(c2)OCO3)C(=O)C2NCCCC21. The summed E-state index contributed by atoms with van der Waals surface area (Å²) in [4.78, 5) is 41.4. The Labute approximate surface area is 169 Å². The third-order valence-electron chi connectivity index (χ3n) is 5.38. The van der Waals surface area contributed by atoms with Gasteiger partial charge in [-0.2, -0.15) is 0 Å². The maximum Gasteiger partial charge on any atom is 0.327 e. The van der Waals surface area contributed by atoms with Crippen LogP contribution in [0.4, 0.5) is 4.79 Å². The number of rotatable bonds is 5. The smallest absolute Gasteiger partial charge is 0.327 e. The van der Waals surface area contributed by atoms with Gasteiger partial charge in [0, 0.05) is 6.04 Å². The molecule has 156 valence electrons. The van der Waals surface area contributed by atoms with Crippen LogP contribution >= 0.6 is 0 Å². The zero-order chi connectivity index (χ0) is 20.5. The Morgan fingerprint density at radius 3 is 2.86 bits per heavy atom. The van der Waals surface area contributed by atoms with Crippen molar-refractivity contribution in [1.29, 1.82) is 0 Å². The van der Waals surface area contributed by atoms with E-state index in [0.717, 1.165) is 12.0 Å². The van der Waals surface area contributed by atoms with E-state index in [4.69, 9.17) is 9.47 Å². The second-order valence-corrected chi connectivity index (χ2v) is 7.89. The molecule has 3 heterocycles. The molecule has 0 spiro atoms. The van der Waals surface area contributed by atoms with Crippen LogP contribution < -0.4 is 20.1 Å². The number of nitrogens with zero attached hydrogens (tertiary/aromatic N) is 2. The van der Waals surface area contributed by atoms with Crippen molar-refractivity contribution in [2.24, 2.45) is 0 Å². The summed E-state index contributed by atoms with van der Waals surface area (Å²) in [6, 6.07) is 4.10. The minimum Gasteiger partial charge on any atom is -0.454 e. The third-order valence-corrected chi connectivity index (χ3v) is 5.38. The van der Waals surface area contributed by atoms with E-state index >= 15 is 0 Å². The molecule has 3 aliphatic rings. The molecule has 0 saturated carbocycles. The molecule has 9 heteroatoms. The molecule has 1 aromatic carbocycles. The molecular weight excluding hydrogens is 376 g/mol. The van der Waals surface area contributed by atoms with Gasteiger partial charge in [-0.25, -0.2) is 4.79 Å². The minimum absolute atomic E-state index is 0.0194. The lowest BCUT2D eigenvalue weighted by molar-refractivity contribution is -0.139. The summed E-state index contributed by atoms with van der Waals surface area (Å²) in [5.41, 5.74) is 0.761. The first-order valence-corrected chi connectivity index (χ1v) is 9.97. The second kappa shape index (κ2) is 7.90. The topological polar surface area (TPSA) is 100 Å². The number of urea groups is 1. The molecule has 2 saturated heterocycles. The fraction of sp³-hybridized carbons (Fsp3) is 0.550. The molecule has 0 aromatic heterocycles. The third kappa shape index (κ3) is 3.87. The summed E-state index contributed by atoms with van der Waals surface area (Å²) in [5.74, 6) is 0.764. The summed E-state index contributed by atoms with van der Waals surface area (Å²) >= 11 is 0. The molecule has 2 fully saturated rings. The van der Waals surface area contributed by atoms with Crippen molar-refractivity contribution in [3.8, 4) is 11.5 Å². The lowest BCUT2D eigenvalue weighted by atomic mass is 9.93. The van der Waals surface area contributed by atoms with Gasteiger partial charge in [0.2, 0.25) is 18.6 Å². The van der Waals surface area contributed by atoms with Gasteiger partial charge in [0.1, 0.15) is 12.6 Å². The number of carbonyl (C=O) groups excluding carboxylic acids is 3. The highest BCUT2D eigenvalue weighted by atomic mass is 16.7. The van der Waals surface area contributed by atoms with E-state index in [1.54, 1.807) is 12.1 Å². The summed E-state index contributed by atoms with van der Waals surface area (Å²) in [6.45, 7) is 4.66. The molecular formula is C20H26N4O5. The molecule has 0 radical (unpaired) electrons. The fourth-order valence-corrected chi connectivity index (χ4v) is 4.09. The number of hydrogen-bond acceptors (Lipinski definition) is 6. The van der Waals surface area contributed by atoms with E-state index in [1.807, 2.05) is 19.9 Å². The Bertz CT molecular complexity index is 827. The number of ether oxygens (including phenoxy) is 2. The van der Waals surface area contributed by atoms with E-state index in [9.17, 15) is 14.4 Å². The number of nitrogens with one attached hydrogen (secondary N) is 2. The van der Waals surface area contributed by atoms with Crippen molar-refractivity contribution in [2.75, 3.05) is 19.9 Å². The molecule has 3 aliphatic heterocycles. The molecule has 29 heavy (non-hydrogen) atoms. The second-order valence-electron chi connectivity index (χ2n) is 7.89. The predicted molar refractivity (Wildman–Crippen MR) is 103 cm³/mol. The Balaban J connectivity index is 1.56. The lowest BCUT2D eigenvalue weighted by Crippen LogP contribution is -2.70. The van der Waals surface area contributed by atoms with Gasteiger partial charge in [0.05, 0.1) is 12.6 Å². The predicted octanol–water partition coefficient (Wildman–Crippen LogP) is 0.825. The van der Waals surface area contributed by atoms with Crippen molar-refractivity contribution in [2.45, 2.75) is 51.4 Å². The normalized spacial score (nSPS) is 23.4. The Morgan fingerprint density at radius 2 is 2.07 bits per heavy atom. The summed E-state index contributed by atoms with van der Waals surface area (Å²) in [7, 11) is 0. The fourth-order valence-electron chi connectivity index (χ4n) is 4.09. The number of fused-ring (bicyclic) bond motifs is 2. The van der Waals surface area contributed by atoms with E-state index < -0.39 is 12.1 Å². The monoisotopic (exact) mass is 402 g/mol. The number of hydrogen-bond donors (Lipinski definition) is 2. The van der Waals surface area contributed by atoms with Crippen LogP contribution in [0.1, 0.15) is 32.3 Å². The number of benzene rings is 1. The highest BCUT2D eigenvalue weighted by molar-refractivity contribution is 6.01. The van der Waals surface area contributed by atoms with Crippen LogP contribution in [-0.4, -0.2) is 65.7 Å². The van der Waals surface area contributed by atoms with Crippen molar-refractivity contribution in [3.05, 3.63) is 23.8 Å². The van der Waals surface area contributed by atoms with Crippen LogP contribution in [0.3, 0.4) is 0 Å². The highest BCUT2D eigenvalue weighted by Crippen LogP contribution is 2.33. The van der Waals surface area contributed by atoms with E-state index in [-0.39, 0.29) is 43.8 Å². The molecule has 9 nitrogen and oxygen atoms in total. The minimum atomic E-state index is -0.498. The maximum atomic E-state index is 13.2. The van der Waals surface area contributed by atoms with Gasteiger partial charge >= 0.3 is 6.03 Å². The lowest BCUT2D eigenvalue weighted by Gasteiger charge is -2.46. The van der Waals surface area contributed by atoms with Crippen molar-refractivity contribution in [1.82, 2.24) is 20.4 Å². The van der Waals surface area contributed by atoms with Gasteiger partial charge in [-0.1, -0.05) is 6.07 Å². The zero-order valence-electron chi connectivity index (χ0n) is 16.6. The standard InChI is InChI=1S/C20H26N4O5/c1-12(2)22-17(25)10-23-14-4-3-7-21-18(14)19(26)24(20(23)27)9-13-5-6-15-16(8-13)29-11-28-15/h5-6,8,12,14,18,21H,3-4,7,9-11H2,1-2H3,(H,22,25). The molecule has 4 rings (SSSR count). The number of piperidine rings is 1. The van der Waals surface area contributed by atoms with Gasteiger partial charge < -0.3 is 25.0 Å². The quantitative estimate of drug-likeness (QED) is 0.757. The Morgan fingerprint density at radius 1 is 1.28 bits per heavy atom. The van der Waals surface area contributed by atoms with Gasteiger partial charge in [-0.15, -0.1) is 0 Å². The van der Waals surface area contributed by atoms with E-state index in [1.165, 1.54) is 9.80 Å². The Hall–Kier alpha value is -2.81. The van der Waals surface area contributed by atoms with Crippen molar-refractivity contribution >= 4 is 17.8 Å². The first kappa shape index (κ1) is 19.5. The average molecular weight is 402 g/mol. The van der Waals surface area contributed by atoms with Gasteiger partial charge in [0.25, 0.3) is 0 Å². The van der Waals surface area contributed by atoms with Crippen LogP contribution in [0.5, 0.6) is 11.5 Å². The van der Waals surface area contributed by atoms with Gasteiger partial charge in [-0.3, -0.25) is 14.5 Å². The first-order chi connectivity index (χ1) is 13.9. The molecule has 1 aromatic rings. The molecule has 2 unspecified atom stereocenters. The summed E-state index contributed by atoms with van der Waals surface area (Å²) in [6.07, 6.45) is 1.55. The van der Waals surface area contributed by atoms with Crippen LogP contribution in [0.2, 0.25) is 0 Å². The number of carbonyl (C=O) groups is 3. The maximum absolute atomic E-state index is 13.2. The molecule has 2 atom stereocenters. The molecule has 0 bridgehead atoms. The number of amides is 4.